The Balaban J connectivity index is 2.02. The maximum Gasteiger partial charge on any atom is 0.321 e. The molecule has 0 bridgehead atoms. The molecule has 1 saturated heterocycles. The minimum absolute atomic E-state index is 0.282. The summed E-state index contributed by atoms with van der Waals surface area (Å²) in [5, 5.41) is 3.13. The standard InChI is InChI=1S/C14H18ClN3O3/c1-21-10-4-5-12(11(15)7-10)17-14(20)18-6-2-3-9(8-18)13(16)19/h4-5,7,9H,2-3,6,8H2,1H3,(H2,16,19)(H,17,20)/t9-/m1/s1. The zero-order valence-electron chi connectivity index (χ0n) is 11.8. The first-order chi connectivity index (χ1) is 10.0. The first kappa shape index (κ1) is 15.4. The first-order valence-electron chi connectivity index (χ1n) is 6.70. The minimum atomic E-state index is -0.366. The first-order valence-corrected chi connectivity index (χ1v) is 7.08. The Morgan fingerprint density at radius 1 is 1.48 bits per heavy atom. The van der Waals surface area contributed by atoms with Crippen LogP contribution in [-0.4, -0.2) is 37.0 Å². The fourth-order valence-corrected chi connectivity index (χ4v) is 2.53. The highest BCUT2D eigenvalue weighted by Gasteiger charge is 2.27. The van der Waals surface area contributed by atoms with Gasteiger partial charge in [0, 0.05) is 19.2 Å². The molecule has 1 heterocycles. The average Bonchev–Trinajstić information content (AvgIpc) is 2.49. The zero-order chi connectivity index (χ0) is 15.4. The van der Waals surface area contributed by atoms with Crippen LogP contribution in [0.15, 0.2) is 18.2 Å². The van der Waals surface area contributed by atoms with Crippen LogP contribution in [0.1, 0.15) is 12.8 Å². The number of halogens is 1. The second kappa shape index (κ2) is 6.67. The minimum Gasteiger partial charge on any atom is -0.497 e. The van der Waals surface area contributed by atoms with Crippen LogP contribution < -0.4 is 15.8 Å². The number of primary amides is 1. The number of likely N-dealkylation sites (tertiary alicyclic amines) is 1. The third-order valence-corrected chi connectivity index (χ3v) is 3.84. The molecular formula is C14H18ClN3O3. The lowest BCUT2D eigenvalue weighted by Gasteiger charge is -2.31. The molecule has 1 aromatic carbocycles. The Kier molecular flexibility index (Phi) is 4.90. The summed E-state index contributed by atoms with van der Waals surface area (Å²) in [5.41, 5.74) is 5.81. The summed E-state index contributed by atoms with van der Waals surface area (Å²) in [5.74, 6) is -0.0319. The van der Waals surface area contributed by atoms with E-state index in [1.54, 1.807) is 30.2 Å². The number of benzene rings is 1. The summed E-state index contributed by atoms with van der Waals surface area (Å²) >= 11 is 6.08. The molecule has 3 amide bonds. The maximum absolute atomic E-state index is 12.2. The van der Waals surface area contributed by atoms with Crippen molar-refractivity contribution < 1.29 is 14.3 Å². The Morgan fingerprint density at radius 2 is 2.24 bits per heavy atom. The monoisotopic (exact) mass is 311 g/mol. The zero-order valence-corrected chi connectivity index (χ0v) is 12.5. The molecule has 0 radical (unpaired) electrons. The van der Waals surface area contributed by atoms with E-state index in [4.69, 9.17) is 22.1 Å². The van der Waals surface area contributed by atoms with Crippen LogP contribution in [0.2, 0.25) is 5.02 Å². The number of rotatable bonds is 3. The van der Waals surface area contributed by atoms with Crippen molar-refractivity contribution in [3.8, 4) is 5.75 Å². The molecule has 1 aromatic rings. The molecule has 1 aliphatic rings. The summed E-state index contributed by atoms with van der Waals surface area (Å²) in [4.78, 5) is 25.0. The third-order valence-electron chi connectivity index (χ3n) is 3.53. The molecule has 0 unspecified atom stereocenters. The van der Waals surface area contributed by atoms with Gasteiger partial charge in [-0.15, -0.1) is 0 Å². The van der Waals surface area contributed by atoms with Crippen LogP contribution in [0, 0.1) is 5.92 Å². The van der Waals surface area contributed by atoms with Gasteiger partial charge in [-0.25, -0.2) is 4.79 Å². The predicted octanol–water partition coefficient (Wildman–Crippen LogP) is 2.08. The largest absolute Gasteiger partial charge is 0.497 e. The summed E-state index contributed by atoms with van der Waals surface area (Å²) < 4.78 is 5.05. The molecule has 1 fully saturated rings. The number of hydrogen-bond acceptors (Lipinski definition) is 3. The number of nitrogens with one attached hydrogen (secondary N) is 1. The molecule has 2 rings (SSSR count). The van der Waals surface area contributed by atoms with E-state index in [0.717, 1.165) is 12.8 Å². The van der Waals surface area contributed by atoms with Crippen molar-refractivity contribution in [2.45, 2.75) is 12.8 Å². The van der Waals surface area contributed by atoms with Crippen molar-refractivity contribution in [3.63, 3.8) is 0 Å². The predicted molar refractivity (Wildman–Crippen MR) is 80.5 cm³/mol. The van der Waals surface area contributed by atoms with Crippen LogP contribution >= 0.6 is 11.6 Å². The van der Waals surface area contributed by atoms with Crippen LogP contribution in [0.4, 0.5) is 10.5 Å². The summed E-state index contributed by atoms with van der Waals surface area (Å²) in [6.07, 6.45) is 1.49. The maximum atomic E-state index is 12.2. The Bertz CT molecular complexity index is 550. The smallest absolute Gasteiger partial charge is 0.321 e. The fraction of sp³-hybridized carbons (Fsp3) is 0.429. The molecule has 7 heteroatoms. The number of urea groups is 1. The number of methoxy groups -OCH3 is 1. The average molecular weight is 312 g/mol. The quantitative estimate of drug-likeness (QED) is 0.896. The summed E-state index contributed by atoms with van der Waals surface area (Å²) in [7, 11) is 1.54. The van der Waals surface area contributed by atoms with Gasteiger partial charge >= 0.3 is 6.03 Å². The van der Waals surface area contributed by atoms with E-state index in [1.807, 2.05) is 0 Å². The van der Waals surface area contributed by atoms with Gasteiger partial charge in [0.05, 0.1) is 23.7 Å². The van der Waals surface area contributed by atoms with Gasteiger partial charge in [-0.2, -0.15) is 0 Å². The number of anilines is 1. The molecule has 3 N–H and O–H groups in total. The number of carbonyl (C=O) groups is 2. The molecule has 0 aromatic heterocycles. The number of ether oxygens (including phenoxy) is 1. The highest BCUT2D eigenvalue weighted by atomic mass is 35.5. The molecule has 0 saturated carbocycles. The van der Waals surface area contributed by atoms with Crippen molar-refractivity contribution in [1.29, 1.82) is 0 Å². The van der Waals surface area contributed by atoms with Gasteiger partial charge in [-0.1, -0.05) is 11.6 Å². The van der Waals surface area contributed by atoms with E-state index < -0.39 is 0 Å². The van der Waals surface area contributed by atoms with Gasteiger partial charge in [0.15, 0.2) is 0 Å². The number of piperidine rings is 1. The van der Waals surface area contributed by atoms with E-state index in [-0.39, 0.29) is 17.9 Å². The molecule has 1 aliphatic heterocycles. The molecule has 0 spiro atoms. The van der Waals surface area contributed by atoms with Crippen molar-refractivity contribution in [3.05, 3.63) is 23.2 Å². The molecule has 0 aliphatic carbocycles. The molecule has 6 nitrogen and oxygen atoms in total. The van der Waals surface area contributed by atoms with Crippen molar-refractivity contribution in [2.75, 3.05) is 25.5 Å². The number of amides is 3. The second-order valence-corrected chi connectivity index (χ2v) is 5.37. The van der Waals surface area contributed by atoms with Gasteiger partial charge in [0.2, 0.25) is 5.91 Å². The van der Waals surface area contributed by atoms with E-state index in [1.165, 1.54) is 0 Å². The topological polar surface area (TPSA) is 84.7 Å². The lowest BCUT2D eigenvalue weighted by atomic mass is 9.98. The Labute approximate surface area is 128 Å². The SMILES string of the molecule is COc1ccc(NC(=O)N2CCC[C@@H](C(N)=O)C2)c(Cl)c1. The van der Waals surface area contributed by atoms with Crippen molar-refractivity contribution >= 4 is 29.2 Å². The molecule has 21 heavy (non-hydrogen) atoms. The van der Waals surface area contributed by atoms with Gasteiger partial charge in [0.1, 0.15) is 5.75 Å². The lowest BCUT2D eigenvalue weighted by molar-refractivity contribution is -0.123. The van der Waals surface area contributed by atoms with Crippen molar-refractivity contribution in [2.24, 2.45) is 11.7 Å². The number of carbonyl (C=O) groups excluding carboxylic acids is 2. The van der Waals surface area contributed by atoms with Crippen molar-refractivity contribution in [1.82, 2.24) is 4.90 Å². The van der Waals surface area contributed by atoms with Gasteiger partial charge in [0.25, 0.3) is 0 Å². The van der Waals surface area contributed by atoms with E-state index in [2.05, 4.69) is 5.32 Å². The van der Waals surface area contributed by atoms with E-state index >= 15 is 0 Å². The molecular weight excluding hydrogens is 294 g/mol. The Hall–Kier alpha value is -1.95. The molecule has 114 valence electrons. The van der Waals surface area contributed by atoms with Gasteiger partial charge < -0.3 is 20.7 Å². The number of nitrogens with two attached hydrogens (primary N) is 1. The van der Waals surface area contributed by atoms with Crippen LogP contribution in [0.25, 0.3) is 0 Å². The highest BCUT2D eigenvalue weighted by molar-refractivity contribution is 6.33. The summed E-state index contributed by atoms with van der Waals surface area (Å²) in [6, 6.07) is 4.73. The summed E-state index contributed by atoms with van der Waals surface area (Å²) in [6.45, 7) is 0.943. The second-order valence-electron chi connectivity index (χ2n) is 4.96. The van der Waals surface area contributed by atoms with Crippen LogP contribution in [0.3, 0.4) is 0 Å². The highest BCUT2D eigenvalue weighted by Crippen LogP contribution is 2.27. The van der Waals surface area contributed by atoms with Crippen LogP contribution in [-0.2, 0) is 4.79 Å². The molecule has 1 atom stereocenters. The van der Waals surface area contributed by atoms with E-state index in [9.17, 15) is 9.59 Å². The third kappa shape index (κ3) is 3.78. The normalized spacial score (nSPS) is 18.2. The number of hydrogen-bond donors (Lipinski definition) is 2. The fourth-order valence-electron chi connectivity index (χ4n) is 2.31. The van der Waals surface area contributed by atoms with Gasteiger partial charge in [-0.05, 0) is 25.0 Å². The van der Waals surface area contributed by atoms with E-state index in [0.29, 0.717) is 29.5 Å². The van der Waals surface area contributed by atoms with Gasteiger partial charge in [-0.3, -0.25) is 4.79 Å². The lowest BCUT2D eigenvalue weighted by Crippen LogP contribution is -2.45. The Morgan fingerprint density at radius 3 is 2.86 bits per heavy atom. The number of nitrogens with zero attached hydrogens (tertiary/aromatic N) is 1. The van der Waals surface area contributed by atoms with Crippen LogP contribution in [0.5, 0.6) is 5.75 Å².